The summed E-state index contributed by atoms with van der Waals surface area (Å²) in [7, 11) is 0. The maximum atomic E-state index is 6.26. The summed E-state index contributed by atoms with van der Waals surface area (Å²) >= 11 is 6.26. The summed E-state index contributed by atoms with van der Waals surface area (Å²) in [6.45, 7) is 8.96. The average Bonchev–Trinajstić information content (AvgIpc) is 2.49. The predicted octanol–water partition coefficient (Wildman–Crippen LogP) is 2.75. The van der Waals surface area contributed by atoms with Crippen LogP contribution in [0.5, 0.6) is 0 Å². The molecule has 0 aromatic carbocycles. The highest BCUT2D eigenvalue weighted by Crippen LogP contribution is 2.19. The Bertz CT molecular complexity index is 307. The third-order valence-corrected chi connectivity index (χ3v) is 2.88. The molecule has 1 aromatic rings. The van der Waals surface area contributed by atoms with E-state index in [1.54, 1.807) is 0 Å². The molecule has 0 aliphatic rings. The van der Waals surface area contributed by atoms with Gasteiger partial charge in [-0.25, -0.2) is 0 Å². The van der Waals surface area contributed by atoms with E-state index in [1.165, 1.54) is 0 Å². The molecule has 0 atom stereocenters. The van der Waals surface area contributed by atoms with Crippen molar-refractivity contribution in [2.75, 3.05) is 6.54 Å². The van der Waals surface area contributed by atoms with Crippen LogP contribution in [0.25, 0.3) is 0 Å². The molecule has 1 aromatic heterocycles. The lowest BCUT2D eigenvalue weighted by molar-refractivity contribution is 0.568. The summed E-state index contributed by atoms with van der Waals surface area (Å²) in [5.41, 5.74) is 2.17. The standard InChI is InChI=1S/C11H20ClN3/c1-4-6-7-15-11(12)10(8-13-5-2)9(3)14-15/h13H,4-8H2,1-3H3. The van der Waals surface area contributed by atoms with Crippen LogP contribution in [0.2, 0.25) is 5.15 Å². The molecule has 0 saturated heterocycles. The summed E-state index contributed by atoms with van der Waals surface area (Å²) in [5, 5.41) is 8.52. The molecular formula is C11H20ClN3. The zero-order valence-corrected chi connectivity index (χ0v) is 10.6. The van der Waals surface area contributed by atoms with Gasteiger partial charge in [-0.1, -0.05) is 31.9 Å². The van der Waals surface area contributed by atoms with Gasteiger partial charge in [-0.2, -0.15) is 5.10 Å². The molecule has 3 nitrogen and oxygen atoms in total. The molecule has 86 valence electrons. The van der Waals surface area contributed by atoms with E-state index in [0.717, 1.165) is 48.9 Å². The van der Waals surface area contributed by atoms with E-state index in [0.29, 0.717) is 0 Å². The van der Waals surface area contributed by atoms with Crippen LogP contribution >= 0.6 is 11.6 Å². The first-order valence-electron chi connectivity index (χ1n) is 5.63. The quantitative estimate of drug-likeness (QED) is 0.813. The third-order valence-electron chi connectivity index (χ3n) is 2.46. The molecule has 0 aliphatic carbocycles. The topological polar surface area (TPSA) is 29.9 Å². The minimum atomic E-state index is 0.793. The maximum absolute atomic E-state index is 6.26. The number of rotatable bonds is 6. The van der Waals surface area contributed by atoms with Crippen LogP contribution in [-0.4, -0.2) is 16.3 Å². The average molecular weight is 230 g/mol. The van der Waals surface area contributed by atoms with Crippen molar-refractivity contribution in [3.8, 4) is 0 Å². The van der Waals surface area contributed by atoms with E-state index in [2.05, 4.69) is 24.3 Å². The Balaban J connectivity index is 2.74. The molecule has 0 fully saturated rings. The summed E-state index contributed by atoms with van der Waals surface area (Å²) in [6, 6.07) is 0. The molecule has 0 unspecified atom stereocenters. The highest BCUT2D eigenvalue weighted by molar-refractivity contribution is 6.30. The highest BCUT2D eigenvalue weighted by Gasteiger charge is 2.11. The number of aromatic nitrogens is 2. The third kappa shape index (κ3) is 3.21. The van der Waals surface area contributed by atoms with E-state index in [1.807, 2.05) is 11.6 Å². The zero-order chi connectivity index (χ0) is 11.3. The van der Waals surface area contributed by atoms with Crippen molar-refractivity contribution < 1.29 is 0 Å². The first-order chi connectivity index (χ1) is 7.20. The molecule has 0 radical (unpaired) electrons. The summed E-state index contributed by atoms with van der Waals surface area (Å²) in [5.74, 6) is 0. The molecule has 0 spiro atoms. The first kappa shape index (κ1) is 12.5. The number of hydrogen-bond acceptors (Lipinski definition) is 2. The van der Waals surface area contributed by atoms with Gasteiger partial charge in [0.15, 0.2) is 0 Å². The van der Waals surface area contributed by atoms with E-state index in [9.17, 15) is 0 Å². The summed E-state index contributed by atoms with van der Waals surface area (Å²) in [6.07, 6.45) is 2.29. The van der Waals surface area contributed by atoms with Crippen molar-refractivity contribution in [3.63, 3.8) is 0 Å². The molecular weight excluding hydrogens is 210 g/mol. The van der Waals surface area contributed by atoms with Crippen LogP contribution in [0, 0.1) is 6.92 Å². The lowest BCUT2D eigenvalue weighted by Gasteiger charge is -2.03. The van der Waals surface area contributed by atoms with E-state index >= 15 is 0 Å². The molecule has 0 bridgehead atoms. The number of nitrogens with zero attached hydrogens (tertiary/aromatic N) is 2. The van der Waals surface area contributed by atoms with Gasteiger partial charge in [-0.05, 0) is 19.9 Å². The van der Waals surface area contributed by atoms with Crippen molar-refractivity contribution in [2.24, 2.45) is 0 Å². The second kappa shape index (κ2) is 6.13. The Morgan fingerprint density at radius 3 is 2.73 bits per heavy atom. The molecule has 0 saturated carbocycles. The maximum Gasteiger partial charge on any atom is 0.131 e. The van der Waals surface area contributed by atoms with E-state index in [-0.39, 0.29) is 0 Å². The van der Waals surface area contributed by atoms with Gasteiger partial charge < -0.3 is 5.32 Å². The van der Waals surface area contributed by atoms with E-state index < -0.39 is 0 Å². The minimum absolute atomic E-state index is 0.793. The molecule has 15 heavy (non-hydrogen) atoms. The number of aryl methyl sites for hydroxylation is 2. The number of halogens is 1. The van der Waals surface area contributed by atoms with Crippen LogP contribution in [0.3, 0.4) is 0 Å². The Kier molecular flexibility index (Phi) is 5.12. The predicted molar refractivity (Wildman–Crippen MR) is 64.3 cm³/mol. The second-order valence-electron chi connectivity index (χ2n) is 3.71. The Morgan fingerprint density at radius 1 is 1.40 bits per heavy atom. The summed E-state index contributed by atoms with van der Waals surface area (Å²) in [4.78, 5) is 0. The van der Waals surface area contributed by atoms with Gasteiger partial charge in [0.25, 0.3) is 0 Å². The van der Waals surface area contributed by atoms with Gasteiger partial charge in [-0.3, -0.25) is 4.68 Å². The van der Waals surface area contributed by atoms with Gasteiger partial charge in [-0.15, -0.1) is 0 Å². The molecule has 1 rings (SSSR count). The number of nitrogens with one attached hydrogen (secondary N) is 1. The van der Waals surface area contributed by atoms with Crippen molar-refractivity contribution >= 4 is 11.6 Å². The fourth-order valence-corrected chi connectivity index (χ4v) is 1.82. The highest BCUT2D eigenvalue weighted by atomic mass is 35.5. The van der Waals surface area contributed by atoms with Crippen LogP contribution in [0.4, 0.5) is 0 Å². The number of hydrogen-bond donors (Lipinski definition) is 1. The normalized spacial score (nSPS) is 10.9. The van der Waals surface area contributed by atoms with Crippen molar-refractivity contribution in [1.29, 1.82) is 0 Å². The lowest BCUT2D eigenvalue weighted by Crippen LogP contribution is -2.12. The molecule has 0 amide bonds. The second-order valence-corrected chi connectivity index (χ2v) is 4.07. The molecule has 1 heterocycles. The van der Waals surface area contributed by atoms with Gasteiger partial charge in [0, 0.05) is 18.7 Å². The van der Waals surface area contributed by atoms with Crippen LogP contribution in [-0.2, 0) is 13.1 Å². The van der Waals surface area contributed by atoms with E-state index in [4.69, 9.17) is 11.6 Å². The van der Waals surface area contributed by atoms with Gasteiger partial charge in [0.1, 0.15) is 5.15 Å². The van der Waals surface area contributed by atoms with Crippen molar-refractivity contribution in [3.05, 3.63) is 16.4 Å². The lowest BCUT2D eigenvalue weighted by atomic mass is 10.2. The van der Waals surface area contributed by atoms with Crippen LogP contribution in [0.15, 0.2) is 0 Å². The minimum Gasteiger partial charge on any atom is -0.313 e. The molecule has 4 heteroatoms. The smallest absolute Gasteiger partial charge is 0.131 e. The zero-order valence-electron chi connectivity index (χ0n) is 9.81. The van der Waals surface area contributed by atoms with Gasteiger partial charge in [0.05, 0.1) is 5.69 Å². The summed E-state index contributed by atoms with van der Waals surface area (Å²) < 4.78 is 1.91. The van der Waals surface area contributed by atoms with Crippen LogP contribution in [0.1, 0.15) is 37.9 Å². The van der Waals surface area contributed by atoms with Gasteiger partial charge in [0.2, 0.25) is 0 Å². The van der Waals surface area contributed by atoms with Crippen molar-refractivity contribution in [2.45, 2.75) is 46.7 Å². The van der Waals surface area contributed by atoms with Crippen LogP contribution < -0.4 is 5.32 Å². The van der Waals surface area contributed by atoms with Crippen molar-refractivity contribution in [1.82, 2.24) is 15.1 Å². The molecule has 1 N–H and O–H groups in total. The Hall–Kier alpha value is -0.540. The Morgan fingerprint density at radius 2 is 2.13 bits per heavy atom. The number of unbranched alkanes of at least 4 members (excludes halogenated alkanes) is 1. The monoisotopic (exact) mass is 229 g/mol. The first-order valence-corrected chi connectivity index (χ1v) is 6.01. The largest absolute Gasteiger partial charge is 0.313 e. The Labute approximate surface area is 96.8 Å². The fourth-order valence-electron chi connectivity index (χ4n) is 1.50. The SMILES string of the molecule is CCCCn1nc(C)c(CNCC)c1Cl. The molecule has 0 aliphatic heterocycles. The fraction of sp³-hybridized carbons (Fsp3) is 0.727. The van der Waals surface area contributed by atoms with Gasteiger partial charge >= 0.3 is 0 Å².